The molecule has 2 aliphatic heterocycles. The zero-order valence-corrected chi connectivity index (χ0v) is 25.6. The molecule has 2 aromatic carbocycles. The number of amides is 2. The average molecular weight is 628 g/mol. The van der Waals surface area contributed by atoms with Crippen molar-refractivity contribution >= 4 is 33.4 Å². The van der Waals surface area contributed by atoms with Gasteiger partial charge in [0.25, 0.3) is 0 Å². The first-order valence-corrected chi connectivity index (χ1v) is 16.2. The molecule has 3 aliphatic rings. The Kier molecular flexibility index (Phi) is 8.20. The van der Waals surface area contributed by atoms with Crippen molar-refractivity contribution in [2.24, 2.45) is 5.92 Å². The molecule has 11 heteroatoms. The summed E-state index contributed by atoms with van der Waals surface area (Å²) in [5, 5.41) is 18.7. The number of thiophene rings is 1. The van der Waals surface area contributed by atoms with Crippen LogP contribution in [0.1, 0.15) is 30.4 Å². The summed E-state index contributed by atoms with van der Waals surface area (Å²) < 4.78 is 27.1. The van der Waals surface area contributed by atoms with Gasteiger partial charge in [0.1, 0.15) is 29.1 Å². The van der Waals surface area contributed by atoms with Gasteiger partial charge in [-0.2, -0.15) is 0 Å². The predicted octanol–water partition coefficient (Wildman–Crippen LogP) is 5.48. The molecule has 1 saturated heterocycles. The zero-order chi connectivity index (χ0) is 30.9. The number of likely N-dealkylation sites (tertiary alicyclic amines) is 1. The van der Waals surface area contributed by atoms with E-state index in [1.54, 1.807) is 22.3 Å². The quantitative estimate of drug-likeness (QED) is 0.249. The van der Waals surface area contributed by atoms with E-state index in [1.165, 1.54) is 29.3 Å². The molecular formula is C34H34FN5O4S. The van der Waals surface area contributed by atoms with Gasteiger partial charge in [-0.15, -0.1) is 21.5 Å². The van der Waals surface area contributed by atoms with Gasteiger partial charge in [0.15, 0.2) is 0 Å². The van der Waals surface area contributed by atoms with E-state index in [0.29, 0.717) is 43.1 Å². The predicted molar refractivity (Wildman–Crippen MR) is 170 cm³/mol. The lowest BCUT2D eigenvalue weighted by atomic mass is 9.81. The normalized spacial score (nSPS) is 20.7. The van der Waals surface area contributed by atoms with Gasteiger partial charge in [0.2, 0.25) is 5.91 Å². The van der Waals surface area contributed by atoms with Crippen LogP contribution < -0.4 is 15.4 Å². The summed E-state index contributed by atoms with van der Waals surface area (Å²) in [5.74, 6) is 0.0779. The summed E-state index contributed by atoms with van der Waals surface area (Å²) >= 11 is 1.58. The van der Waals surface area contributed by atoms with E-state index >= 15 is 0 Å². The Morgan fingerprint density at radius 1 is 1.13 bits per heavy atom. The average Bonchev–Trinajstić information content (AvgIpc) is 3.72. The molecule has 0 radical (unpaired) electrons. The van der Waals surface area contributed by atoms with Crippen LogP contribution in [0.15, 0.2) is 60.5 Å². The molecule has 2 amide bonds. The number of hydrogen-bond acceptors (Lipinski definition) is 8. The highest BCUT2D eigenvalue weighted by molar-refractivity contribution is 7.17. The van der Waals surface area contributed by atoms with Crippen molar-refractivity contribution in [3.63, 3.8) is 0 Å². The van der Waals surface area contributed by atoms with E-state index in [9.17, 15) is 14.0 Å². The van der Waals surface area contributed by atoms with Crippen LogP contribution in [0.3, 0.4) is 0 Å². The van der Waals surface area contributed by atoms with Crippen molar-refractivity contribution in [3.05, 3.63) is 77.4 Å². The first kappa shape index (κ1) is 29.4. The molecule has 1 aliphatic carbocycles. The molecule has 4 heterocycles. The third kappa shape index (κ3) is 6.14. The molecule has 2 N–H and O–H groups in total. The van der Waals surface area contributed by atoms with E-state index in [1.807, 2.05) is 5.38 Å². The van der Waals surface area contributed by atoms with Gasteiger partial charge < -0.3 is 25.0 Å². The molecule has 45 heavy (non-hydrogen) atoms. The highest BCUT2D eigenvalue weighted by atomic mass is 32.1. The molecule has 1 atom stereocenters. The second-order valence-corrected chi connectivity index (χ2v) is 12.8. The Bertz CT molecular complexity index is 1770. The van der Waals surface area contributed by atoms with Crippen LogP contribution in [0, 0.1) is 11.7 Å². The van der Waals surface area contributed by atoms with Gasteiger partial charge >= 0.3 is 6.09 Å². The lowest BCUT2D eigenvalue weighted by Crippen LogP contribution is -2.47. The van der Waals surface area contributed by atoms with Crippen molar-refractivity contribution in [1.82, 2.24) is 25.7 Å². The third-order valence-electron chi connectivity index (χ3n) is 8.89. The second kappa shape index (κ2) is 12.6. The maximum absolute atomic E-state index is 14.4. The Labute approximate surface area is 264 Å². The Hall–Kier alpha value is -4.35. The molecule has 2 aromatic heterocycles. The smallest absolute Gasteiger partial charge is 0.407 e. The highest BCUT2D eigenvalue weighted by Crippen LogP contribution is 2.40. The number of carbonyl (C=O) groups excluding carboxylic acids is 2. The summed E-state index contributed by atoms with van der Waals surface area (Å²) in [6.45, 7) is 6.66. The van der Waals surface area contributed by atoms with Gasteiger partial charge in [0.05, 0.1) is 17.9 Å². The monoisotopic (exact) mass is 627 g/mol. The van der Waals surface area contributed by atoms with Crippen LogP contribution in [0.2, 0.25) is 0 Å². The van der Waals surface area contributed by atoms with Crippen molar-refractivity contribution in [2.75, 3.05) is 26.2 Å². The third-order valence-corrected chi connectivity index (χ3v) is 9.81. The number of aromatic nitrogens is 2. The molecule has 0 spiro atoms. The maximum Gasteiger partial charge on any atom is 0.407 e. The molecule has 232 valence electrons. The first-order chi connectivity index (χ1) is 21.9. The van der Waals surface area contributed by atoms with E-state index in [-0.39, 0.29) is 29.8 Å². The van der Waals surface area contributed by atoms with Crippen LogP contribution in [-0.2, 0) is 22.5 Å². The number of benzene rings is 2. The highest BCUT2D eigenvalue weighted by Gasteiger charge is 2.33. The minimum Gasteiger partial charge on any atom is -0.492 e. The lowest BCUT2D eigenvalue weighted by Gasteiger charge is -2.35. The number of rotatable bonds is 8. The molecule has 2 fully saturated rings. The van der Waals surface area contributed by atoms with Crippen molar-refractivity contribution in [3.8, 4) is 28.3 Å². The van der Waals surface area contributed by atoms with E-state index in [0.717, 1.165) is 53.7 Å². The Balaban J connectivity index is 0.996. The number of fused-ring (bicyclic) bond motifs is 2. The minimum atomic E-state index is -0.473. The number of nitrogens with one attached hydrogen (secondary N) is 2. The molecular weight excluding hydrogens is 593 g/mol. The number of hydrogen-bond donors (Lipinski definition) is 2. The molecule has 0 bridgehead atoms. The number of nitrogens with zero attached hydrogens (tertiary/aromatic N) is 3. The summed E-state index contributed by atoms with van der Waals surface area (Å²) in [6.07, 6.45) is 3.53. The number of ether oxygens (including phenoxy) is 2. The fraction of sp³-hybridized carbons (Fsp3) is 0.353. The van der Waals surface area contributed by atoms with Gasteiger partial charge in [-0.3, -0.25) is 4.79 Å². The van der Waals surface area contributed by atoms with Crippen LogP contribution in [0.4, 0.5) is 9.18 Å². The molecule has 1 unspecified atom stereocenters. The maximum atomic E-state index is 14.4. The number of alkyl carbamates (subject to hydrolysis) is 1. The van der Waals surface area contributed by atoms with Gasteiger partial charge in [0, 0.05) is 48.1 Å². The zero-order valence-electron chi connectivity index (χ0n) is 24.8. The fourth-order valence-electron chi connectivity index (χ4n) is 6.41. The van der Waals surface area contributed by atoms with Crippen LogP contribution in [0.5, 0.6) is 5.75 Å². The summed E-state index contributed by atoms with van der Waals surface area (Å²) in [7, 11) is 0. The van der Waals surface area contributed by atoms with Crippen LogP contribution in [-0.4, -0.2) is 65.5 Å². The molecule has 7 rings (SSSR count). The van der Waals surface area contributed by atoms with Gasteiger partial charge in [-0.25, -0.2) is 9.18 Å². The SMILES string of the molecule is C=CC(=O)N1CCC(OC(=O)NC2CC(COc3cc(F)ccc3-c3nnc(-c4ccc5c(c4)CCNC5)c4ccsc34)C2)C1. The van der Waals surface area contributed by atoms with Crippen molar-refractivity contribution in [2.45, 2.75) is 44.4 Å². The van der Waals surface area contributed by atoms with Gasteiger partial charge in [-0.1, -0.05) is 18.7 Å². The fourth-order valence-corrected chi connectivity index (χ4v) is 7.30. The number of carbonyl (C=O) groups is 2. The molecule has 1 saturated carbocycles. The standard InChI is InChI=1S/C34H34FN5O4S/c1-2-30(41)40-11-8-26(18-40)44-34(42)37-25-13-20(14-25)19-43-29-16-24(35)5-6-27(29)32-33-28(9-12-45-33)31(38-39-32)22-3-4-23-17-36-10-7-21(23)15-22/h2-6,9,12,15-16,20,25-26,36H,1,7-8,10-11,13-14,17-19H2,(H,37,42). The topological polar surface area (TPSA) is 106 Å². The molecule has 9 nitrogen and oxygen atoms in total. The van der Waals surface area contributed by atoms with Crippen LogP contribution >= 0.6 is 11.3 Å². The minimum absolute atomic E-state index is 0.0191. The lowest BCUT2D eigenvalue weighted by molar-refractivity contribution is -0.125. The van der Waals surface area contributed by atoms with Gasteiger partial charge in [-0.05, 0) is 78.6 Å². The largest absolute Gasteiger partial charge is 0.492 e. The van der Waals surface area contributed by atoms with Crippen molar-refractivity contribution < 1.29 is 23.5 Å². The Morgan fingerprint density at radius 3 is 2.87 bits per heavy atom. The molecule has 4 aromatic rings. The second-order valence-electron chi connectivity index (χ2n) is 11.9. The summed E-state index contributed by atoms with van der Waals surface area (Å²) in [4.78, 5) is 25.8. The first-order valence-electron chi connectivity index (χ1n) is 15.3. The van der Waals surface area contributed by atoms with Crippen LogP contribution in [0.25, 0.3) is 32.6 Å². The van der Waals surface area contributed by atoms with Crippen molar-refractivity contribution in [1.29, 1.82) is 0 Å². The summed E-state index contributed by atoms with van der Waals surface area (Å²) in [6, 6.07) is 13.1. The van der Waals surface area contributed by atoms with E-state index < -0.39 is 6.09 Å². The number of halogens is 1. The van der Waals surface area contributed by atoms with E-state index in [4.69, 9.17) is 9.47 Å². The Morgan fingerprint density at radius 2 is 2.00 bits per heavy atom. The summed E-state index contributed by atoms with van der Waals surface area (Å²) in [5.41, 5.74) is 5.88. The van der Waals surface area contributed by atoms with E-state index in [2.05, 4.69) is 51.7 Å².